The van der Waals surface area contributed by atoms with Crippen LogP contribution in [0, 0.1) is 11.8 Å². The standard InChI is InChI=1S/C15H17N3O3S/c19-15(18-17-14-9-11-5-4-8-13(11)14)10-16-22(20,21)12-6-2-1-3-7-12/h1-7,11,13,16H,8-10H2,(H,18,19)/b17-14-/t11-,13-/m1/s1. The number of hydrogen-bond acceptors (Lipinski definition) is 4. The fourth-order valence-electron chi connectivity index (χ4n) is 2.68. The molecule has 7 heteroatoms. The van der Waals surface area contributed by atoms with E-state index >= 15 is 0 Å². The van der Waals surface area contributed by atoms with Crippen LogP contribution in [-0.4, -0.2) is 26.6 Å². The van der Waals surface area contributed by atoms with Gasteiger partial charge in [-0.25, -0.2) is 18.6 Å². The average molecular weight is 319 g/mol. The van der Waals surface area contributed by atoms with Crippen LogP contribution in [0.15, 0.2) is 52.5 Å². The van der Waals surface area contributed by atoms with Gasteiger partial charge in [0.05, 0.1) is 11.4 Å². The van der Waals surface area contributed by atoms with Crippen molar-refractivity contribution >= 4 is 21.6 Å². The molecule has 1 aromatic carbocycles. The van der Waals surface area contributed by atoms with Gasteiger partial charge in [0, 0.05) is 11.6 Å². The summed E-state index contributed by atoms with van der Waals surface area (Å²) >= 11 is 0. The first-order valence-corrected chi connectivity index (χ1v) is 8.61. The van der Waals surface area contributed by atoms with Crippen molar-refractivity contribution in [2.24, 2.45) is 16.9 Å². The Morgan fingerprint density at radius 1 is 1.27 bits per heavy atom. The maximum absolute atomic E-state index is 12.0. The molecule has 0 bridgehead atoms. The van der Waals surface area contributed by atoms with Crippen molar-refractivity contribution < 1.29 is 13.2 Å². The summed E-state index contributed by atoms with van der Waals surface area (Å²) in [5.41, 5.74) is 3.40. The zero-order chi connectivity index (χ0) is 15.6. The maximum atomic E-state index is 12.0. The van der Waals surface area contributed by atoms with Gasteiger partial charge in [0.15, 0.2) is 0 Å². The van der Waals surface area contributed by atoms with E-state index in [2.05, 4.69) is 27.4 Å². The summed E-state index contributed by atoms with van der Waals surface area (Å²) in [4.78, 5) is 11.8. The van der Waals surface area contributed by atoms with Crippen LogP contribution < -0.4 is 10.1 Å². The number of fused-ring (bicyclic) bond motifs is 1. The summed E-state index contributed by atoms with van der Waals surface area (Å²) in [5.74, 6) is 0.509. The molecule has 0 saturated heterocycles. The Labute approximate surface area is 129 Å². The Kier molecular flexibility index (Phi) is 4.08. The van der Waals surface area contributed by atoms with E-state index in [4.69, 9.17) is 0 Å². The first-order chi connectivity index (χ1) is 10.6. The van der Waals surface area contributed by atoms with Crippen molar-refractivity contribution in [2.45, 2.75) is 17.7 Å². The summed E-state index contributed by atoms with van der Waals surface area (Å²) in [6.07, 6.45) is 6.16. The average Bonchev–Trinajstić information content (AvgIpc) is 2.88. The highest BCUT2D eigenvalue weighted by Gasteiger charge is 2.37. The Morgan fingerprint density at radius 3 is 2.77 bits per heavy atom. The zero-order valence-corrected chi connectivity index (χ0v) is 12.7. The number of allylic oxidation sites excluding steroid dienone is 2. The third-order valence-electron chi connectivity index (χ3n) is 3.96. The highest BCUT2D eigenvalue weighted by molar-refractivity contribution is 7.89. The van der Waals surface area contributed by atoms with Gasteiger partial charge in [0.25, 0.3) is 5.91 Å². The SMILES string of the molecule is O=C(CNS(=O)(=O)c1ccccc1)N/N=C1/C[C@H]2C=CC[C@@H]12. The van der Waals surface area contributed by atoms with E-state index in [1.54, 1.807) is 18.2 Å². The Morgan fingerprint density at radius 2 is 2.05 bits per heavy atom. The van der Waals surface area contributed by atoms with E-state index in [-0.39, 0.29) is 11.4 Å². The van der Waals surface area contributed by atoms with Gasteiger partial charge in [0.2, 0.25) is 10.0 Å². The highest BCUT2D eigenvalue weighted by Crippen LogP contribution is 2.39. The molecule has 2 aliphatic rings. The molecule has 1 aromatic rings. The van der Waals surface area contributed by atoms with Crippen molar-refractivity contribution in [3.63, 3.8) is 0 Å². The van der Waals surface area contributed by atoms with Crippen LogP contribution in [0.3, 0.4) is 0 Å². The summed E-state index contributed by atoms with van der Waals surface area (Å²) < 4.78 is 26.2. The molecule has 3 rings (SSSR count). The fourth-order valence-corrected chi connectivity index (χ4v) is 3.68. The third-order valence-corrected chi connectivity index (χ3v) is 5.38. The molecule has 0 aromatic heterocycles. The van der Waals surface area contributed by atoms with Gasteiger partial charge >= 0.3 is 0 Å². The first-order valence-electron chi connectivity index (χ1n) is 7.13. The van der Waals surface area contributed by atoms with E-state index in [0.29, 0.717) is 11.8 Å². The molecule has 0 aliphatic heterocycles. The molecule has 1 amide bonds. The van der Waals surface area contributed by atoms with Crippen molar-refractivity contribution in [3.8, 4) is 0 Å². The number of nitrogens with one attached hydrogen (secondary N) is 2. The van der Waals surface area contributed by atoms with Gasteiger partial charge in [-0.1, -0.05) is 30.4 Å². The largest absolute Gasteiger partial charge is 0.272 e. The van der Waals surface area contributed by atoms with E-state index in [1.165, 1.54) is 12.1 Å². The minimum atomic E-state index is -3.67. The van der Waals surface area contributed by atoms with E-state index < -0.39 is 15.9 Å². The molecular weight excluding hydrogens is 302 g/mol. The lowest BCUT2D eigenvalue weighted by Gasteiger charge is -2.31. The van der Waals surface area contributed by atoms with E-state index in [0.717, 1.165) is 18.6 Å². The number of hydrazone groups is 1. The zero-order valence-electron chi connectivity index (χ0n) is 11.9. The van der Waals surface area contributed by atoms with Crippen LogP contribution in [-0.2, 0) is 14.8 Å². The van der Waals surface area contributed by atoms with Gasteiger partial charge in [-0.3, -0.25) is 4.79 Å². The van der Waals surface area contributed by atoms with Crippen LogP contribution in [0.4, 0.5) is 0 Å². The maximum Gasteiger partial charge on any atom is 0.255 e. The minimum Gasteiger partial charge on any atom is -0.272 e. The number of hydrogen-bond donors (Lipinski definition) is 2. The molecule has 2 atom stereocenters. The molecule has 116 valence electrons. The summed E-state index contributed by atoms with van der Waals surface area (Å²) in [6.45, 7) is -0.333. The van der Waals surface area contributed by atoms with Gasteiger partial charge in [-0.15, -0.1) is 0 Å². The smallest absolute Gasteiger partial charge is 0.255 e. The van der Waals surface area contributed by atoms with E-state index in [1.807, 2.05) is 0 Å². The van der Waals surface area contributed by atoms with Crippen LogP contribution in [0.1, 0.15) is 12.8 Å². The number of sulfonamides is 1. The van der Waals surface area contributed by atoms with Crippen molar-refractivity contribution in [1.29, 1.82) is 0 Å². The first kappa shape index (κ1) is 14.9. The monoisotopic (exact) mass is 319 g/mol. The van der Waals surface area contributed by atoms with Gasteiger partial charge in [-0.05, 0) is 30.9 Å². The van der Waals surface area contributed by atoms with Gasteiger partial charge < -0.3 is 0 Å². The predicted molar refractivity (Wildman–Crippen MR) is 82.6 cm³/mol. The lowest BCUT2D eigenvalue weighted by Crippen LogP contribution is -2.38. The van der Waals surface area contributed by atoms with Crippen LogP contribution in [0.25, 0.3) is 0 Å². The molecule has 1 fully saturated rings. The Bertz CT molecular complexity index is 726. The number of carbonyl (C=O) groups excluding carboxylic acids is 1. The van der Waals surface area contributed by atoms with Gasteiger partial charge in [-0.2, -0.15) is 5.10 Å². The Balaban J connectivity index is 1.50. The number of rotatable bonds is 5. The van der Waals surface area contributed by atoms with Crippen molar-refractivity contribution in [1.82, 2.24) is 10.1 Å². The summed E-state index contributed by atoms with van der Waals surface area (Å²) in [5, 5.41) is 4.09. The van der Waals surface area contributed by atoms with Crippen molar-refractivity contribution in [3.05, 3.63) is 42.5 Å². The normalized spacial score (nSPS) is 24.8. The molecule has 0 spiro atoms. The number of nitrogens with zero attached hydrogens (tertiary/aromatic N) is 1. The number of benzene rings is 1. The Hall–Kier alpha value is -1.99. The molecular formula is C15H17N3O3S. The second-order valence-corrected chi connectivity index (χ2v) is 7.18. The quantitative estimate of drug-likeness (QED) is 0.628. The minimum absolute atomic E-state index is 0.132. The lowest BCUT2D eigenvalue weighted by molar-refractivity contribution is -0.119. The lowest BCUT2D eigenvalue weighted by atomic mass is 9.74. The van der Waals surface area contributed by atoms with Crippen LogP contribution in [0.2, 0.25) is 0 Å². The molecule has 6 nitrogen and oxygen atoms in total. The summed E-state index contributed by atoms with van der Waals surface area (Å²) in [6, 6.07) is 7.93. The van der Waals surface area contributed by atoms with Crippen LogP contribution >= 0.6 is 0 Å². The molecule has 1 saturated carbocycles. The second kappa shape index (κ2) is 6.02. The topological polar surface area (TPSA) is 87.6 Å². The highest BCUT2D eigenvalue weighted by atomic mass is 32.2. The van der Waals surface area contributed by atoms with Gasteiger partial charge in [0.1, 0.15) is 0 Å². The summed E-state index contributed by atoms with van der Waals surface area (Å²) in [7, 11) is -3.67. The fraction of sp³-hybridized carbons (Fsp3) is 0.333. The molecule has 22 heavy (non-hydrogen) atoms. The van der Waals surface area contributed by atoms with E-state index in [9.17, 15) is 13.2 Å². The number of carbonyl (C=O) groups is 1. The third kappa shape index (κ3) is 3.10. The van der Waals surface area contributed by atoms with Crippen molar-refractivity contribution in [2.75, 3.05) is 6.54 Å². The second-order valence-electron chi connectivity index (χ2n) is 5.41. The molecule has 0 unspecified atom stereocenters. The van der Waals surface area contributed by atoms with Crippen LogP contribution in [0.5, 0.6) is 0 Å². The predicted octanol–water partition coefficient (Wildman–Crippen LogP) is 1.03. The molecule has 0 heterocycles. The number of amides is 1. The molecule has 2 N–H and O–H groups in total. The molecule has 0 radical (unpaired) electrons. The molecule has 2 aliphatic carbocycles.